The molecule has 0 atom stereocenters. The lowest BCUT2D eigenvalue weighted by Gasteiger charge is -2.16. The van der Waals surface area contributed by atoms with Crippen LogP contribution in [0.2, 0.25) is 5.02 Å². The number of benzene rings is 4. The highest BCUT2D eigenvalue weighted by atomic mass is 35.5. The normalized spacial score (nSPS) is 10.7. The fraction of sp³-hybridized carbons (Fsp3) is 0.138. The number of fused-ring (bicyclic) bond motifs is 1. The van der Waals surface area contributed by atoms with E-state index in [1.54, 1.807) is 32.4 Å². The lowest BCUT2D eigenvalue weighted by atomic mass is 10.2. The number of para-hydroxylation sites is 1. The molecular weight excluding hydrogens is 522 g/mol. The van der Waals surface area contributed by atoms with Gasteiger partial charge in [0.15, 0.2) is 11.5 Å². The van der Waals surface area contributed by atoms with Crippen molar-refractivity contribution >= 4 is 28.6 Å². The summed E-state index contributed by atoms with van der Waals surface area (Å²) in [6.07, 6.45) is 0. The molecule has 10 heteroatoms. The molecule has 9 nitrogen and oxygen atoms in total. The van der Waals surface area contributed by atoms with Crippen molar-refractivity contribution in [3.05, 3.63) is 107 Å². The number of aromatic nitrogens is 3. The van der Waals surface area contributed by atoms with Crippen LogP contribution >= 0.6 is 11.6 Å². The zero-order valence-corrected chi connectivity index (χ0v) is 21.9. The Labute approximate surface area is 229 Å². The Hall–Kier alpha value is -4.76. The minimum Gasteiger partial charge on any atom is -0.497 e. The van der Waals surface area contributed by atoms with E-state index < -0.39 is 5.97 Å². The zero-order chi connectivity index (χ0) is 27.2. The van der Waals surface area contributed by atoms with Gasteiger partial charge in [0, 0.05) is 0 Å². The van der Waals surface area contributed by atoms with Gasteiger partial charge in [-0.3, -0.25) is 0 Å². The molecule has 5 rings (SSSR count). The molecule has 198 valence electrons. The van der Waals surface area contributed by atoms with Crippen LogP contribution in [0.15, 0.2) is 84.9 Å². The summed E-state index contributed by atoms with van der Waals surface area (Å²) in [5, 5.41) is 8.09. The smallest absolute Gasteiger partial charge is 0.365 e. The summed E-state index contributed by atoms with van der Waals surface area (Å²) >= 11 is 6.61. The molecule has 0 radical (unpaired) electrons. The summed E-state index contributed by atoms with van der Waals surface area (Å²) in [7, 11) is 3.21. The number of nitrogens with zero attached hydrogens (tertiary/aromatic N) is 3. The molecule has 0 aliphatic rings. The lowest BCUT2D eigenvalue weighted by Crippen LogP contribution is -2.21. The van der Waals surface area contributed by atoms with Crippen molar-refractivity contribution in [2.75, 3.05) is 14.2 Å². The van der Waals surface area contributed by atoms with E-state index in [2.05, 4.69) is 10.3 Å². The first-order valence-corrected chi connectivity index (χ1v) is 12.3. The number of hydrogen-bond acceptors (Lipinski definition) is 8. The largest absolute Gasteiger partial charge is 0.497 e. The highest BCUT2D eigenvalue weighted by Gasteiger charge is 2.20. The third-order valence-electron chi connectivity index (χ3n) is 5.83. The third-order valence-corrected chi connectivity index (χ3v) is 6.11. The molecule has 1 aromatic heterocycles. The van der Waals surface area contributed by atoms with Gasteiger partial charge in [-0.15, -0.1) is 5.10 Å². The second-order valence-electron chi connectivity index (χ2n) is 8.39. The average molecular weight is 546 g/mol. The van der Waals surface area contributed by atoms with Gasteiger partial charge >= 0.3 is 5.97 Å². The number of methoxy groups -OCH3 is 2. The maximum atomic E-state index is 13.1. The maximum absolute atomic E-state index is 13.1. The molecule has 39 heavy (non-hydrogen) atoms. The van der Waals surface area contributed by atoms with Crippen LogP contribution in [0.5, 0.6) is 23.0 Å². The summed E-state index contributed by atoms with van der Waals surface area (Å²) in [6.45, 7) is 0.419. The first kappa shape index (κ1) is 25.9. The van der Waals surface area contributed by atoms with Crippen LogP contribution in [0, 0.1) is 0 Å². The molecule has 0 spiro atoms. The van der Waals surface area contributed by atoms with Gasteiger partial charge in [0.25, 0.3) is 0 Å². The van der Waals surface area contributed by atoms with Crippen LogP contribution in [0.4, 0.5) is 0 Å². The number of carbonyl (C=O) groups is 1. The first-order chi connectivity index (χ1) is 19.0. The van der Waals surface area contributed by atoms with E-state index in [1.807, 2.05) is 54.6 Å². The maximum Gasteiger partial charge on any atom is 0.365 e. The van der Waals surface area contributed by atoms with Crippen molar-refractivity contribution in [2.45, 2.75) is 13.2 Å². The second kappa shape index (κ2) is 11.7. The second-order valence-corrected chi connectivity index (χ2v) is 8.80. The molecule has 0 saturated carbocycles. The van der Waals surface area contributed by atoms with Gasteiger partial charge in [-0.25, -0.2) is 4.79 Å². The fourth-order valence-corrected chi connectivity index (χ4v) is 4.00. The zero-order valence-electron chi connectivity index (χ0n) is 21.2. The number of rotatable bonds is 10. The summed E-state index contributed by atoms with van der Waals surface area (Å²) in [5.41, 5.74) is 3.08. The predicted octanol–water partition coefficient (Wildman–Crippen LogP) is 5.53. The van der Waals surface area contributed by atoms with Crippen LogP contribution in [0.3, 0.4) is 0 Å². The molecule has 0 aliphatic carbocycles. The average Bonchev–Trinajstić information content (AvgIpc) is 3.38. The molecule has 0 unspecified atom stereocenters. The van der Waals surface area contributed by atoms with Crippen molar-refractivity contribution in [1.29, 1.82) is 0 Å². The van der Waals surface area contributed by atoms with E-state index in [4.69, 9.17) is 35.4 Å². The van der Waals surface area contributed by atoms with Crippen molar-refractivity contribution in [2.24, 2.45) is 0 Å². The number of hydrogen-bond donors (Lipinski definition) is 0. The highest BCUT2D eigenvalue weighted by Crippen LogP contribution is 2.38. The Morgan fingerprint density at radius 2 is 1.44 bits per heavy atom. The van der Waals surface area contributed by atoms with Crippen molar-refractivity contribution in [3.63, 3.8) is 0 Å². The quantitative estimate of drug-likeness (QED) is 0.211. The summed E-state index contributed by atoms with van der Waals surface area (Å²) in [6, 6.07) is 25.0. The summed E-state index contributed by atoms with van der Waals surface area (Å²) in [5.74, 6) is 1.36. The summed E-state index contributed by atoms with van der Waals surface area (Å²) < 4.78 is 22.6. The van der Waals surface area contributed by atoms with Gasteiger partial charge in [-0.05, 0) is 64.9 Å². The van der Waals surface area contributed by atoms with Crippen LogP contribution in [0.1, 0.15) is 21.5 Å². The van der Waals surface area contributed by atoms with E-state index in [-0.39, 0.29) is 29.5 Å². The van der Waals surface area contributed by atoms with Gasteiger partial charge in [0.2, 0.25) is 0 Å². The first-order valence-electron chi connectivity index (χ1n) is 11.9. The Kier molecular flexibility index (Phi) is 7.79. The molecule has 1 heterocycles. The standard InChI is InChI=1S/C29H24ClN3O6/c1-35-22-11-7-19(8-12-22)17-37-27-16-21(29(34)39-33-26-6-4-3-5-25(26)31-32-33)15-24(30)28(27)38-18-20-9-13-23(36-2)14-10-20/h3-16H,17-18H2,1-2H3. The molecule has 0 N–H and O–H groups in total. The molecule has 0 aliphatic heterocycles. The van der Waals surface area contributed by atoms with Gasteiger partial charge < -0.3 is 23.8 Å². The van der Waals surface area contributed by atoms with E-state index in [0.717, 1.165) is 27.5 Å². The van der Waals surface area contributed by atoms with E-state index >= 15 is 0 Å². The lowest BCUT2D eigenvalue weighted by molar-refractivity contribution is 0.0408. The molecule has 5 aromatic rings. The monoisotopic (exact) mass is 545 g/mol. The van der Waals surface area contributed by atoms with Crippen LogP contribution < -0.4 is 23.8 Å². The molecule has 0 amide bonds. The molecule has 0 saturated heterocycles. The predicted molar refractivity (Wildman–Crippen MR) is 145 cm³/mol. The van der Waals surface area contributed by atoms with Crippen LogP contribution in [-0.2, 0) is 13.2 Å². The number of carbonyl (C=O) groups excluding carboxylic acids is 1. The molecule has 4 aromatic carbocycles. The Morgan fingerprint density at radius 3 is 2.08 bits per heavy atom. The minimum atomic E-state index is -0.691. The number of ether oxygens (including phenoxy) is 4. The Morgan fingerprint density at radius 1 is 0.821 bits per heavy atom. The van der Waals surface area contributed by atoms with Crippen molar-refractivity contribution < 1.29 is 28.6 Å². The Balaban J connectivity index is 1.40. The summed E-state index contributed by atoms with van der Waals surface area (Å²) in [4.78, 5) is 19.6. The third kappa shape index (κ3) is 6.05. The van der Waals surface area contributed by atoms with Gasteiger partial charge in [-0.2, -0.15) is 0 Å². The van der Waals surface area contributed by atoms with E-state index in [0.29, 0.717) is 16.8 Å². The van der Waals surface area contributed by atoms with Gasteiger partial charge in [0.05, 0.1) is 24.8 Å². The molecule has 0 fully saturated rings. The van der Waals surface area contributed by atoms with Gasteiger partial charge in [0.1, 0.15) is 35.7 Å². The Bertz CT molecular complexity index is 1590. The molecule has 0 bridgehead atoms. The van der Waals surface area contributed by atoms with E-state index in [9.17, 15) is 4.79 Å². The molecular formula is C29H24ClN3O6. The fourth-order valence-electron chi connectivity index (χ4n) is 3.74. The van der Waals surface area contributed by atoms with Crippen molar-refractivity contribution in [3.8, 4) is 23.0 Å². The number of halogens is 1. The van der Waals surface area contributed by atoms with Crippen LogP contribution in [0.25, 0.3) is 11.0 Å². The topological polar surface area (TPSA) is 93.9 Å². The SMILES string of the molecule is COc1ccc(COc2cc(C(=O)On3nnc4ccccc43)cc(Cl)c2OCc2ccc(OC)cc2)cc1. The minimum absolute atomic E-state index is 0.154. The van der Waals surface area contributed by atoms with Crippen LogP contribution in [-0.4, -0.2) is 35.3 Å². The van der Waals surface area contributed by atoms with Crippen molar-refractivity contribution in [1.82, 2.24) is 15.2 Å². The van der Waals surface area contributed by atoms with E-state index in [1.165, 1.54) is 12.1 Å². The van der Waals surface area contributed by atoms with Gasteiger partial charge in [-0.1, -0.05) is 52.8 Å². The highest BCUT2D eigenvalue weighted by molar-refractivity contribution is 6.32.